The standard InChI is InChI=1S/C13H26BNO2/c1-12(2,8-13(3,4)15)6-9-5-11(14)17-10(9)7-16/h9-11,16H,5-8,15H2,1-4H3/t9-,10-,11-/m1/s1. The van der Waals surface area contributed by atoms with E-state index in [0.717, 1.165) is 19.3 Å². The normalized spacial score (nSPS) is 30.8. The SMILES string of the molecule is [B][C@H]1C[C@H](CC(C)(C)CC(C)(C)N)[C@@H](CO)O1. The molecular formula is C13H26BNO2. The van der Waals surface area contributed by atoms with E-state index in [1.807, 2.05) is 0 Å². The third-order valence-electron chi connectivity index (χ3n) is 3.34. The monoisotopic (exact) mass is 239 g/mol. The van der Waals surface area contributed by atoms with Gasteiger partial charge in [0.05, 0.1) is 12.7 Å². The van der Waals surface area contributed by atoms with E-state index in [-0.39, 0.29) is 29.7 Å². The predicted octanol–water partition coefficient (Wildman–Crippen LogP) is 1.42. The van der Waals surface area contributed by atoms with Gasteiger partial charge in [-0.3, -0.25) is 0 Å². The van der Waals surface area contributed by atoms with Crippen molar-refractivity contribution in [3.8, 4) is 0 Å². The van der Waals surface area contributed by atoms with Crippen LogP contribution in [-0.2, 0) is 4.74 Å². The topological polar surface area (TPSA) is 55.5 Å². The number of nitrogens with two attached hydrogens (primary N) is 1. The minimum atomic E-state index is -0.223. The van der Waals surface area contributed by atoms with Crippen LogP contribution >= 0.6 is 0 Å². The van der Waals surface area contributed by atoms with E-state index < -0.39 is 0 Å². The van der Waals surface area contributed by atoms with Crippen LogP contribution in [0.4, 0.5) is 0 Å². The molecule has 98 valence electrons. The van der Waals surface area contributed by atoms with Crippen molar-refractivity contribution >= 4 is 7.85 Å². The van der Waals surface area contributed by atoms with Gasteiger partial charge < -0.3 is 15.6 Å². The lowest BCUT2D eigenvalue weighted by Crippen LogP contribution is -2.38. The molecule has 0 aromatic carbocycles. The van der Waals surface area contributed by atoms with E-state index in [1.165, 1.54) is 0 Å². The van der Waals surface area contributed by atoms with Crippen molar-refractivity contribution in [2.75, 3.05) is 6.61 Å². The first kappa shape index (κ1) is 15.0. The molecule has 3 atom stereocenters. The first-order valence-corrected chi connectivity index (χ1v) is 6.44. The van der Waals surface area contributed by atoms with Gasteiger partial charge in [-0.2, -0.15) is 0 Å². The fraction of sp³-hybridized carbons (Fsp3) is 1.00. The van der Waals surface area contributed by atoms with E-state index in [1.54, 1.807) is 0 Å². The van der Waals surface area contributed by atoms with Crippen LogP contribution in [0.15, 0.2) is 0 Å². The molecule has 1 saturated heterocycles. The zero-order chi connectivity index (χ0) is 13.3. The van der Waals surface area contributed by atoms with Crippen molar-refractivity contribution in [3.05, 3.63) is 0 Å². The summed E-state index contributed by atoms with van der Waals surface area (Å²) >= 11 is 0. The Kier molecular flexibility index (Phi) is 4.67. The molecule has 0 amide bonds. The zero-order valence-corrected chi connectivity index (χ0v) is 11.6. The maximum atomic E-state index is 9.28. The molecule has 1 aliphatic heterocycles. The second kappa shape index (κ2) is 5.29. The van der Waals surface area contributed by atoms with Gasteiger partial charge in [0, 0.05) is 11.5 Å². The van der Waals surface area contributed by atoms with Gasteiger partial charge >= 0.3 is 0 Å². The number of hydrogen-bond donors (Lipinski definition) is 2. The summed E-state index contributed by atoms with van der Waals surface area (Å²) in [5.74, 6) is 0.340. The lowest BCUT2D eigenvalue weighted by atomic mass is 9.72. The lowest BCUT2D eigenvalue weighted by Gasteiger charge is -2.35. The molecule has 1 aliphatic rings. The Bertz CT molecular complexity index is 250. The highest BCUT2D eigenvalue weighted by atomic mass is 16.5. The van der Waals surface area contributed by atoms with Crippen molar-refractivity contribution in [2.45, 2.75) is 64.6 Å². The Labute approximate surface area is 107 Å². The molecule has 4 heteroatoms. The van der Waals surface area contributed by atoms with Crippen LogP contribution in [0.5, 0.6) is 0 Å². The van der Waals surface area contributed by atoms with Crippen LogP contribution in [0.25, 0.3) is 0 Å². The number of hydrogen-bond acceptors (Lipinski definition) is 3. The molecule has 0 aliphatic carbocycles. The Balaban J connectivity index is 2.57. The molecule has 17 heavy (non-hydrogen) atoms. The summed E-state index contributed by atoms with van der Waals surface area (Å²) in [7, 11) is 5.78. The molecule has 3 N–H and O–H groups in total. The fourth-order valence-electron chi connectivity index (χ4n) is 3.26. The Morgan fingerprint density at radius 3 is 2.41 bits per heavy atom. The quantitative estimate of drug-likeness (QED) is 0.713. The van der Waals surface area contributed by atoms with Gasteiger partial charge in [-0.15, -0.1) is 0 Å². The van der Waals surface area contributed by atoms with Gasteiger partial charge in [0.2, 0.25) is 0 Å². The van der Waals surface area contributed by atoms with Gasteiger partial charge in [0.25, 0.3) is 0 Å². The van der Waals surface area contributed by atoms with E-state index in [4.69, 9.17) is 18.3 Å². The Morgan fingerprint density at radius 2 is 1.94 bits per heavy atom. The minimum absolute atomic E-state index is 0.0560. The first-order chi connectivity index (χ1) is 7.63. The maximum absolute atomic E-state index is 9.28. The predicted molar refractivity (Wildman–Crippen MR) is 70.9 cm³/mol. The van der Waals surface area contributed by atoms with Crippen molar-refractivity contribution in [1.82, 2.24) is 0 Å². The second-order valence-corrected chi connectivity index (χ2v) is 6.93. The van der Waals surface area contributed by atoms with E-state index >= 15 is 0 Å². The Hall–Kier alpha value is -0.0551. The fourth-order valence-corrected chi connectivity index (χ4v) is 3.26. The molecule has 0 aromatic heterocycles. The summed E-state index contributed by atoms with van der Waals surface area (Å²) in [6.45, 7) is 8.60. The van der Waals surface area contributed by atoms with Crippen LogP contribution in [-0.4, -0.2) is 37.2 Å². The summed E-state index contributed by atoms with van der Waals surface area (Å²) < 4.78 is 5.50. The Morgan fingerprint density at radius 1 is 1.35 bits per heavy atom. The van der Waals surface area contributed by atoms with Gasteiger partial charge in [-0.1, -0.05) is 13.8 Å². The molecule has 0 saturated carbocycles. The van der Waals surface area contributed by atoms with Gasteiger partial charge in [-0.05, 0) is 44.4 Å². The molecule has 1 heterocycles. The average Bonchev–Trinajstić information content (AvgIpc) is 2.40. The van der Waals surface area contributed by atoms with Crippen LogP contribution in [0.1, 0.15) is 47.0 Å². The van der Waals surface area contributed by atoms with Crippen LogP contribution in [0.3, 0.4) is 0 Å². The molecule has 0 aromatic rings. The molecule has 3 nitrogen and oxygen atoms in total. The van der Waals surface area contributed by atoms with E-state index in [9.17, 15) is 5.11 Å². The van der Waals surface area contributed by atoms with Gasteiger partial charge in [-0.25, -0.2) is 0 Å². The molecular weight excluding hydrogens is 213 g/mol. The summed E-state index contributed by atoms with van der Waals surface area (Å²) in [5.41, 5.74) is 6.06. The van der Waals surface area contributed by atoms with Crippen molar-refractivity contribution < 1.29 is 9.84 Å². The number of ether oxygens (including phenoxy) is 1. The number of aliphatic hydroxyl groups is 1. The summed E-state index contributed by atoms with van der Waals surface area (Å²) in [6, 6.07) is -0.223. The van der Waals surface area contributed by atoms with Crippen LogP contribution in [0.2, 0.25) is 0 Å². The molecule has 1 rings (SSSR count). The summed E-state index contributed by atoms with van der Waals surface area (Å²) in [5, 5.41) is 9.28. The largest absolute Gasteiger partial charge is 0.394 e. The van der Waals surface area contributed by atoms with Crippen LogP contribution < -0.4 is 5.73 Å². The van der Waals surface area contributed by atoms with Crippen molar-refractivity contribution in [3.63, 3.8) is 0 Å². The molecule has 1 fully saturated rings. The van der Waals surface area contributed by atoms with Gasteiger partial charge in [0.15, 0.2) is 0 Å². The molecule has 2 radical (unpaired) electrons. The third kappa shape index (κ3) is 4.98. The highest BCUT2D eigenvalue weighted by molar-refractivity contribution is 6.11. The molecule has 0 spiro atoms. The number of rotatable bonds is 5. The summed E-state index contributed by atoms with van der Waals surface area (Å²) in [6.07, 6.45) is 2.67. The lowest BCUT2D eigenvalue weighted by molar-refractivity contribution is 0.0171. The minimum Gasteiger partial charge on any atom is -0.394 e. The zero-order valence-electron chi connectivity index (χ0n) is 11.6. The van der Waals surface area contributed by atoms with E-state index in [0.29, 0.717) is 5.92 Å². The summed E-state index contributed by atoms with van der Waals surface area (Å²) in [4.78, 5) is 0. The van der Waals surface area contributed by atoms with Gasteiger partial charge in [0.1, 0.15) is 7.85 Å². The van der Waals surface area contributed by atoms with E-state index in [2.05, 4.69) is 27.7 Å². The van der Waals surface area contributed by atoms with Crippen molar-refractivity contribution in [2.24, 2.45) is 17.1 Å². The molecule has 0 unspecified atom stereocenters. The third-order valence-corrected chi connectivity index (χ3v) is 3.34. The average molecular weight is 239 g/mol. The first-order valence-electron chi connectivity index (χ1n) is 6.44. The highest BCUT2D eigenvalue weighted by Gasteiger charge is 2.37. The highest BCUT2D eigenvalue weighted by Crippen LogP contribution is 2.39. The maximum Gasteiger partial charge on any atom is 0.109 e. The number of aliphatic hydroxyl groups excluding tert-OH is 1. The van der Waals surface area contributed by atoms with Crippen molar-refractivity contribution in [1.29, 1.82) is 0 Å². The second-order valence-electron chi connectivity index (χ2n) is 6.93. The molecule has 0 bridgehead atoms. The van der Waals surface area contributed by atoms with Crippen LogP contribution in [0, 0.1) is 11.3 Å². The smallest absolute Gasteiger partial charge is 0.109 e.